The Bertz CT molecular complexity index is 360. The van der Waals surface area contributed by atoms with Gasteiger partial charge in [0, 0.05) is 12.5 Å². The molecule has 0 bridgehead atoms. The SMILES string of the molecule is COc1ccc(COC(=O)CCCC(C)N)cc1. The van der Waals surface area contributed by atoms with Gasteiger partial charge in [-0.1, -0.05) is 12.1 Å². The number of ether oxygens (including phenoxy) is 2. The van der Waals surface area contributed by atoms with Crippen molar-refractivity contribution < 1.29 is 14.3 Å². The first-order valence-electron chi connectivity index (χ1n) is 6.16. The third-order valence-electron chi connectivity index (χ3n) is 2.60. The molecule has 0 amide bonds. The van der Waals surface area contributed by atoms with Crippen molar-refractivity contribution in [1.29, 1.82) is 0 Å². The van der Waals surface area contributed by atoms with Gasteiger partial charge in [-0.25, -0.2) is 0 Å². The van der Waals surface area contributed by atoms with Crippen LogP contribution in [0.15, 0.2) is 24.3 Å². The summed E-state index contributed by atoms with van der Waals surface area (Å²) in [6.45, 7) is 2.24. The predicted molar refractivity (Wildman–Crippen MR) is 70.3 cm³/mol. The maximum atomic E-state index is 11.4. The van der Waals surface area contributed by atoms with Crippen LogP contribution in [0.4, 0.5) is 0 Å². The van der Waals surface area contributed by atoms with Crippen LogP contribution in [0, 0.1) is 0 Å². The largest absolute Gasteiger partial charge is 0.497 e. The molecule has 0 aliphatic heterocycles. The van der Waals surface area contributed by atoms with Crippen LogP contribution in [-0.2, 0) is 16.1 Å². The highest BCUT2D eigenvalue weighted by molar-refractivity contribution is 5.69. The molecule has 18 heavy (non-hydrogen) atoms. The highest BCUT2D eigenvalue weighted by atomic mass is 16.5. The molecule has 0 heterocycles. The molecule has 1 aromatic carbocycles. The first-order chi connectivity index (χ1) is 8.61. The topological polar surface area (TPSA) is 61.5 Å². The Kier molecular flexibility index (Phi) is 6.22. The van der Waals surface area contributed by atoms with Crippen LogP contribution >= 0.6 is 0 Å². The van der Waals surface area contributed by atoms with E-state index in [4.69, 9.17) is 15.2 Å². The lowest BCUT2D eigenvalue weighted by Gasteiger charge is -2.07. The van der Waals surface area contributed by atoms with Gasteiger partial charge in [0.15, 0.2) is 0 Å². The minimum Gasteiger partial charge on any atom is -0.497 e. The number of carbonyl (C=O) groups excluding carboxylic acids is 1. The van der Waals surface area contributed by atoms with Crippen LogP contribution < -0.4 is 10.5 Å². The third-order valence-corrected chi connectivity index (χ3v) is 2.60. The predicted octanol–water partition coefficient (Wildman–Crippen LogP) is 2.26. The van der Waals surface area contributed by atoms with Gasteiger partial charge in [-0.15, -0.1) is 0 Å². The van der Waals surface area contributed by atoms with Crippen molar-refractivity contribution in [2.24, 2.45) is 5.73 Å². The van der Waals surface area contributed by atoms with Crippen molar-refractivity contribution >= 4 is 5.97 Å². The van der Waals surface area contributed by atoms with E-state index in [-0.39, 0.29) is 12.0 Å². The van der Waals surface area contributed by atoms with Gasteiger partial charge >= 0.3 is 5.97 Å². The van der Waals surface area contributed by atoms with Gasteiger partial charge in [-0.3, -0.25) is 4.79 Å². The standard InChI is InChI=1S/C14H21NO3/c1-11(15)4-3-5-14(16)18-10-12-6-8-13(17-2)9-7-12/h6-9,11H,3-5,10,15H2,1-2H3. The molecule has 0 aliphatic carbocycles. The molecule has 0 aromatic heterocycles. The molecule has 100 valence electrons. The summed E-state index contributed by atoms with van der Waals surface area (Å²) in [6.07, 6.45) is 2.05. The zero-order valence-electron chi connectivity index (χ0n) is 11.0. The Morgan fingerprint density at radius 1 is 1.33 bits per heavy atom. The van der Waals surface area contributed by atoms with Crippen molar-refractivity contribution in [2.75, 3.05) is 7.11 Å². The number of carbonyl (C=O) groups is 1. The molecule has 0 radical (unpaired) electrons. The summed E-state index contributed by atoms with van der Waals surface area (Å²) in [5, 5.41) is 0. The van der Waals surface area contributed by atoms with Gasteiger partial charge in [0.25, 0.3) is 0 Å². The summed E-state index contributed by atoms with van der Waals surface area (Å²) in [5.74, 6) is 0.619. The van der Waals surface area contributed by atoms with Crippen LogP contribution in [0.2, 0.25) is 0 Å². The van der Waals surface area contributed by atoms with E-state index in [2.05, 4.69) is 0 Å². The Balaban J connectivity index is 2.24. The Labute approximate surface area is 108 Å². The molecule has 0 aliphatic rings. The monoisotopic (exact) mass is 251 g/mol. The average molecular weight is 251 g/mol. The van der Waals surface area contributed by atoms with Gasteiger partial charge in [-0.2, -0.15) is 0 Å². The van der Waals surface area contributed by atoms with Gasteiger partial charge < -0.3 is 15.2 Å². The Hall–Kier alpha value is -1.55. The molecule has 4 nitrogen and oxygen atoms in total. The number of hydrogen-bond donors (Lipinski definition) is 1. The number of esters is 1. The molecule has 0 spiro atoms. The molecule has 0 fully saturated rings. The molecule has 0 saturated carbocycles. The quantitative estimate of drug-likeness (QED) is 0.755. The van der Waals surface area contributed by atoms with E-state index in [9.17, 15) is 4.79 Å². The van der Waals surface area contributed by atoms with E-state index in [1.165, 1.54) is 0 Å². The molecule has 1 unspecified atom stereocenters. The van der Waals surface area contributed by atoms with Gasteiger partial charge in [-0.05, 0) is 37.5 Å². The van der Waals surface area contributed by atoms with E-state index >= 15 is 0 Å². The van der Waals surface area contributed by atoms with Crippen LogP contribution in [-0.4, -0.2) is 19.1 Å². The van der Waals surface area contributed by atoms with Crippen molar-refractivity contribution in [1.82, 2.24) is 0 Å². The maximum Gasteiger partial charge on any atom is 0.306 e. The molecule has 4 heteroatoms. The fourth-order valence-electron chi connectivity index (χ4n) is 1.53. The fourth-order valence-corrected chi connectivity index (χ4v) is 1.53. The van der Waals surface area contributed by atoms with Crippen molar-refractivity contribution in [2.45, 2.75) is 38.8 Å². The average Bonchev–Trinajstić information content (AvgIpc) is 2.36. The second-order valence-electron chi connectivity index (χ2n) is 4.38. The van der Waals surface area contributed by atoms with E-state index < -0.39 is 0 Å². The molecule has 1 atom stereocenters. The van der Waals surface area contributed by atoms with Crippen molar-refractivity contribution in [3.05, 3.63) is 29.8 Å². The number of rotatable bonds is 7. The third kappa shape index (κ3) is 5.68. The fraction of sp³-hybridized carbons (Fsp3) is 0.500. The number of methoxy groups -OCH3 is 1. The lowest BCUT2D eigenvalue weighted by molar-refractivity contribution is -0.145. The summed E-state index contributed by atoms with van der Waals surface area (Å²) in [5.41, 5.74) is 6.56. The molecule has 1 aromatic rings. The minimum atomic E-state index is -0.175. The maximum absolute atomic E-state index is 11.4. The van der Waals surface area contributed by atoms with Crippen LogP contribution in [0.1, 0.15) is 31.7 Å². The molecular weight excluding hydrogens is 230 g/mol. The lowest BCUT2D eigenvalue weighted by Crippen LogP contribution is -2.15. The van der Waals surface area contributed by atoms with Gasteiger partial charge in [0.05, 0.1) is 7.11 Å². The van der Waals surface area contributed by atoms with E-state index in [0.29, 0.717) is 13.0 Å². The highest BCUT2D eigenvalue weighted by Crippen LogP contribution is 2.12. The van der Waals surface area contributed by atoms with Crippen LogP contribution in [0.25, 0.3) is 0 Å². The first kappa shape index (κ1) is 14.5. The second-order valence-corrected chi connectivity index (χ2v) is 4.38. The summed E-state index contributed by atoms with van der Waals surface area (Å²) >= 11 is 0. The molecule has 1 rings (SSSR count). The Morgan fingerprint density at radius 2 is 2.00 bits per heavy atom. The van der Waals surface area contributed by atoms with Gasteiger partial charge in [0.2, 0.25) is 0 Å². The highest BCUT2D eigenvalue weighted by Gasteiger charge is 2.04. The summed E-state index contributed by atoms with van der Waals surface area (Å²) < 4.78 is 10.2. The zero-order chi connectivity index (χ0) is 13.4. The number of hydrogen-bond acceptors (Lipinski definition) is 4. The number of nitrogens with two attached hydrogens (primary N) is 1. The minimum absolute atomic E-state index is 0.138. The van der Waals surface area contributed by atoms with Gasteiger partial charge in [0.1, 0.15) is 12.4 Å². The normalized spacial score (nSPS) is 11.9. The summed E-state index contributed by atoms with van der Waals surface area (Å²) in [6, 6.07) is 7.60. The zero-order valence-corrected chi connectivity index (χ0v) is 11.0. The van der Waals surface area contributed by atoms with Crippen molar-refractivity contribution in [3.63, 3.8) is 0 Å². The van der Waals surface area contributed by atoms with Crippen molar-refractivity contribution in [3.8, 4) is 5.75 Å². The van der Waals surface area contributed by atoms with E-state index in [0.717, 1.165) is 24.2 Å². The lowest BCUT2D eigenvalue weighted by atomic mass is 10.1. The van der Waals surface area contributed by atoms with E-state index in [1.54, 1.807) is 7.11 Å². The van der Waals surface area contributed by atoms with E-state index in [1.807, 2.05) is 31.2 Å². The smallest absolute Gasteiger partial charge is 0.306 e. The molecular formula is C14H21NO3. The first-order valence-corrected chi connectivity index (χ1v) is 6.16. The Morgan fingerprint density at radius 3 is 2.56 bits per heavy atom. The summed E-state index contributed by atoms with van der Waals surface area (Å²) in [7, 11) is 1.62. The molecule has 2 N–H and O–H groups in total. The summed E-state index contributed by atoms with van der Waals surface area (Å²) in [4.78, 5) is 11.4. The second kappa shape index (κ2) is 7.71. The molecule has 0 saturated heterocycles. The van der Waals surface area contributed by atoms with Crippen LogP contribution in [0.3, 0.4) is 0 Å². The van der Waals surface area contributed by atoms with Crippen LogP contribution in [0.5, 0.6) is 5.75 Å². The number of benzene rings is 1.